The second kappa shape index (κ2) is 6.45. The Labute approximate surface area is 142 Å². The Balaban J connectivity index is 1.76. The summed E-state index contributed by atoms with van der Waals surface area (Å²) in [4.78, 5) is 29.6. The number of carbonyl (C=O) groups excluding carboxylic acids is 1. The highest BCUT2D eigenvalue weighted by Gasteiger charge is 2.15. The van der Waals surface area contributed by atoms with E-state index in [1.807, 2.05) is 31.4 Å². The van der Waals surface area contributed by atoms with Gasteiger partial charge in [-0.15, -0.1) is 11.3 Å². The Bertz CT molecular complexity index is 958. The van der Waals surface area contributed by atoms with Crippen molar-refractivity contribution in [2.45, 2.75) is 20.8 Å². The molecule has 3 rings (SSSR count). The number of aryl methyl sites for hydroxylation is 3. The molecular weight excluding hydrogens is 326 g/mol. The maximum absolute atomic E-state index is 12.6. The summed E-state index contributed by atoms with van der Waals surface area (Å²) in [6.07, 6.45) is 0. The summed E-state index contributed by atoms with van der Waals surface area (Å²) >= 11 is 1.39. The standard InChI is InChI=1S/C17H17N3O3S/c1-10-4-6-13(7-5-10)23-8-14(21)19-15-12(3)18-17-20(16(15)22)11(2)9-24-17/h4-7,9H,8H2,1-3H3,(H,19,21). The molecule has 0 atom stereocenters. The maximum Gasteiger partial charge on any atom is 0.282 e. The van der Waals surface area contributed by atoms with Crippen molar-refractivity contribution >= 4 is 27.9 Å². The lowest BCUT2D eigenvalue weighted by Gasteiger charge is -2.09. The number of anilines is 1. The first-order valence-corrected chi connectivity index (χ1v) is 8.30. The molecule has 1 aromatic carbocycles. The highest BCUT2D eigenvalue weighted by Crippen LogP contribution is 2.16. The van der Waals surface area contributed by atoms with Crippen LogP contribution >= 0.6 is 11.3 Å². The Morgan fingerprint density at radius 3 is 2.67 bits per heavy atom. The zero-order chi connectivity index (χ0) is 17.3. The average Bonchev–Trinajstić information content (AvgIpc) is 2.91. The van der Waals surface area contributed by atoms with E-state index in [1.54, 1.807) is 19.1 Å². The molecule has 2 aromatic heterocycles. The number of nitrogens with one attached hydrogen (secondary N) is 1. The monoisotopic (exact) mass is 343 g/mol. The van der Waals surface area contributed by atoms with Crippen LogP contribution in [0, 0.1) is 20.8 Å². The van der Waals surface area contributed by atoms with Crippen molar-refractivity contribution in [1.82, 2.24) is 9.38 Å². The summed E-state index contributed by atoms with van der Waals surface area (Å²) < 4.78 is 6.93. The third-order valence-corrected chi connectivity index (χ3v) is 4.52. The van der Waals surface area contributed by atoms with Crippen LogP contribution in [0.15, 0.2) is 34.4 Å². The minimum absolute atomic E-state index is 0.173. The van der Waals surface area contributed by atoms with E-state index in [2.05, 4.69) is 10.3 Å². The molecule has 2 heterocycles. The van der Waals surface area contributed by atoms with Gasteiger partial charge in [-0.05, 0) is 32.9 Å². The van der Waals surface area contributed by atoms with Gasteiger partial charge < -0.3 is 10.1 Å². The van der Waals surface area contributed by atoms with Gasteiger partial charge in [0.2, 0.25) is 0 Å². The molecule has 6 nitrogen and oxygen atoms in total. The first-order chi connectivity index (χ1) is 11.5. The molecule has 124 valence electrons. The lowest BCUT2D eigenvalue weighted by molar-refractivity contribution is -0.118. The first-order valence-electron chi connectivity index (χ1n) is 7.42. The van der Waals surface area contributed by atoms with Gasteiger partial charge in [0.25, 0.3) is 11.5 Å². The summed E-state index contributed by atoms with van der Waals surface area (Å²) in [5.41, 5.74) is 2.30. The Hall–Kier alpha value is -2.67. The van der Waals surface area contributed by atoms with E-state index in [0.717, 1.165) is 11.3 Å². The van der Waals surface area contributed by atoms with Crippen LogP contribution in [0.3, 0.4) is 0 Å². The van der Waals surface area contributed by atoms with Gasteiger partial charge in [0.15, 0.2) is 11.6 Å². The van der Waals surface area contributed by atoms with Crippen LogP contribution in [0.1, 0.15) is 17.0 Å². The molecular formula is C17H17N3O3S. The first kappa shape index (κ1) is 16.2. The van der Waals surface area contributed by atoms with E-state index in [0.29, 0.717) is 16.4 Å². The molecule has 0 aliphatic rings. The van der Waals surface area contributed by atoms with Crippen molar-refractivity contribution in [2.75, 3.05) is 11.9 Å². The number of rotatable bonds is 4. The molecule has 0 saturated carbocycles. The Morgan fingerprint density at radius 1 is 1.25 bits per heavy atom. The van der Waals surface area contributed by atoms with Crippen LogP contribution < -0.4 is 15.6 Å². The topological polar surface area (TPSA) is 72.7 Å². The van der Waals surface area contributed by atoms with Crippen molar-refractivity contribution in [3.63, 3.8) is 0 Å². The number of aromatic nitrogens is 2. The highest BCUT2D eigenvalue weighted by atomic mass is 32.1. The number of carbonyl (C=O) groups is 1. The van der Waals surface area contributed by atoms with E-state index in [-0.39, 0.29) is 17.9 Å². The second-order valence-corrected chi connectivity index (χ2v) is 6.36. The molecule has 0 saturated heterocycles. The predicted octanol–water partition coefficient (Wildman–Crippen LogP) is 2.70. The maximum atomic E-state index is 12.6. The van der Waals surface area contributed by atoms with Gasteiger partial charge in [-0.3, -0.25) is 14.0 Å². The van der Waals surface area contributed by atoms with Gasteiger partial charge in [-0.1, -0.05) is 17.7 Å². The van der Waals surface area contributed by atoms with Crippen LogP contribution in [0.25, 0.3) is 4.96 Å². The molecule has 7 heteroatoms. The van der Waals surface area contributed by atoms with E-state index < -0.39 is 5.91 Å². The highest BCUT2D eigenvalue weighted by molar-refractivity contribution is 7.15. The quantitative estimate of drug-likeness (QED) is 0.790. The fourth-order valence-electron chi connectivity index (χ4n) is 2.29. The van der Waals surface area contributed by atoms with Crippen LogP contribution in [-0.2, 0) is 4.79 Å². The summed E-state index contributed by atoms with van der Waals surface area (Å²) in [6, 6.07) is 7.40. The van der Waals surface area contributed by atoms with Gasteiger partial charge in [-0.2, -0.15) is 0 Å². The molecule has 0 unspecified atom stereocenters. The average molecular weight is 343 g/mol. The van der Waals surface area contributed by atoms with E-state index >= 15 is 0 Å². The summed E-state index contributed by atoms with van der Waals surface area (Å²) in [5.74, 6) is 0.205. The molecule has 1 N–H and O–H groups in total. The molecule has 1 amide bonds. The number of hydrogen-bond donors (Lipinski definition) is 1. The van der Waals surface area contributed by atoms with Gasteiger partial charge in [0, 0.05) is 11.1 Å². The van der Waals surface area contributed by atoms with E-state index in [9.17, 15) is 9.59 Å². The molecule has 0 aliphatic heterocycles. The van der Waals surface area contributed by atoms with Crippen LogP contribution in [0.4, 0.5) is 5.69 Å². The molecule has 24 heavy (non-hydrogen) atoms. The number of nitrogens with zero attached hydrogens (tertiary/aromatic N) is 2. The Kier molecular flexibility index (Phi) is 4.35. The van der Waals surface area contributed by atoms with Crippen molar-refractivity contribution in [3.05, 3.63) is 57.0 Å². The molecule has 0 radical (unpaired) electrons. The minimum atomic E-state index is -0.398. The molecule has 0 fully saturated rings. The van der Waals surface area contributed by atoms with Crippen molar-refractivity contribution in [2.24, 2.45) is 0 Å². The van der Waals surface area contributed by atoms with Gasteiger partial charge in [-0.25, -0.2) is 4.98 Å². The lowest BCUT2D eigenvalue weighted by atomic mass is 10.2. The number of amides is 1. The number of hydrogen-bond acceptors (Lipinski definition) is 5. The number of fused-ring (bicyclic) bond motifs is 1. The number of benzene rings is 1. The molecule has 0 bridgehead atoms. The third-order valence-electron chi connectivity index (χ3n) is 3.58. The second-order valence-electron chi connectivity index (χ2n) is 5.52. The third kappa shape index (κ3) is 3.16. The zero-order valence-corrected chi connectivity index (χ0v) is 14.4. The number of thiazole rings is 1. The SMILES string of the molecule is Cc1ccc(OCC(=O)Nc2c(C)nc3scc(C)n3c2=O)cc1. The van der Waals surface area contributed by atoms with Gasteiger partial charge >= 0.3 is 0 Å². The van der Waals surface area contributed by atoms with Crippen LogP contribution in [-0.4, -0.2) is 21.9 Å². The van der Waals surface area contributed by atoms with Gasteiger partial charge in [0.05, 0.1) is 5.69 Å². The fourth-order valence-corrected chi connectivity index (χ4v) is 3.19. The number of ether oxygens (including phenoxy) is 1. The fraction of sp³-hybridized carbons (Fsp3) is 0.235. The predicted molar refractivity (Wildman–Crippen MR) is 94.1 cm³/mol. The normalized spacial score (nSPS) is 10.8. The summed E-state index contributed by atoms with van der Waals surface area (Å²) in [7, 11) is 0. The zero-order valence-electron chi connectivity index (χ0n) is 13.6. The Morgan fingerprint density at radius 2 is 1.96 bits per heavy atom. The minimum Gasteiger partial charge on any atom is -0.484 e. The van der Waals surface area contributed by atoms with Crippen LogP contribution in [0.2, 0.25) is 0 Å². The van der Waals surface area contributed by atoms with Crippen molar-refractivity contribution in [1.29, 1.82) is 0 Å². The molecule has 0 spiro atoms. The smallest absolute Gasteiger partial charge is 0.282 e. The lowest BCUT2D eigenvalue weighted by Crippen LogP contribution is -2.28. The van der Waals surface area contributed by atoms with Crippen molar-refractivity contribution < 1.29 is 9.53 Å². The largest absolute Gasteiger partial charge is 0.484 e. The van der Waals surface area contributed by atoms with E-state index in [4.69, 9.17) is 4.74 Å². The summed E-state index contributed by atoms with van der Waals surface area (Å²) in [5, 5.41) is 4.47. The summed E-state index contributed by atoms with van der Waals surface area (Å²) in [6.45, 7) is 5.33. The van der Waals surface area contributed by atoms with Gasteiger partial charge in [0.1, 0.15) is 11.4 Å². The van der Waals surface area contributed by atoms with Crippen LogP contribution in [0.5, 0.6) is 5.75 Å². The van der Waals surface area contributed by atoms with Crippen molar-refractivity contribution in [3.8, 4) is 5.75 Å². The molecule has 0 aliphatic carbocycles. The molecule has 3 aromatic rings. The van der Waals surface area contributed by atoms with E-state index in [1.165, 1.54) is 15.7 Å².